The lowest BCUT2D eigenvalue weighted by Crippen LogP contribution is -2.05. The molecule has 3 nitrogen and oxygen atoms in total. The fourth-order valence-corrected chi connectivity index (χ4v) is 1.85. The van der Waals surface area contributed by atoms with Crippen LogP contribution < -0.4 is 5.73 Å². The van der Waals surface area contributed by atoms with Crippen LogP contribution in [0.2, 0.25) is 0 Å². The topological polar surface area (TPSA) is 43.8 Å². The Morgan fingerprint density at radius 2 is 2.57 bits per heavy atom. The van der Waals surface area contributed by atoms with Gasteiger partial charge in [-0.2, -0.15) is 0 Å². The van der Waals surface area contributed by atoms with Gasteiger partial charge in [-0.15, -0.1) is 0 Å². The van der Waals surface area contributed by atoms with Crippen LogP contribution in [-0.4, -0.2) is 9.55 Å². The Balaban J connectivity index is 2.24. The van der Waals surface area contributed by atoms with Gasteiger partial charge < -0.3 is 10.3 Å². The number of hydrogen-bond donors (Lipinski definition) is 1. The third-order valence-electron chi connectivity index (χ3n) is 2.68. The molecule has 2 N–H and O–H groups in total. The Morgan fingerprint density at radius 1 is 1.79 bits per heavy atom. The number of allylic oxidation sites excluding steroid dienone is 2. The van der Waals surface area contributed by atoms with Crippen molar-refractivity contribution in [3.63, 3.8) is 0 Å². The average molecular weight is 189 g/mol. The first-order chi connectivity index (χ1) is 6.72. The summed E-state index contributed by atoms with van der Waals surface area (Å²) >= 11 is 0. The molecule has 1 aromatic heterocycles. The van der Waals surface area contributed by atoms with E-state index in [-0.39, 0.29) is 6.04 Å². The third-order valence-corrected chi connectivity index (χ3v) is 2.68. The lowest BCUT2D eigenvalue weighted by molar-refractivity contribution is 0.674. The van der Waals surface area contributed by atoms with Crippen LogP contribution in [0.1, 0.15) is 23.9 Å². The number of nitrogens with zero attached hydrogens (tertiary/aromatic N) is 2. The van der Waals surface area contributed by atoms with Gasteiger partial charge in [0.25, 0.3) is 0 Å². The van der Waals surface area contributed by atoms with Crippen molar-refractivity contribution < 1.29 is 0 Å². The van der Waals surface area contributed by atoms with E-state index in [0.29, 0.717) is 0 Å². The number of fused-ring (bicyclic) bond motifs is 1. The molecule has 0 fully saturated rings. The zero-order valence-electron chi connectivity index (χ0n) is 8.24. The molecule has 1 atom stereocenters. The minimum absolute atomic E-state index is 0.128. The third kappa shape index (κ3) is 1.40. The van der Waals surface area contributed by atoms with Gasteiger partial charge in [0.1, 0.15) is 0 Å². The van der Waals surface area contributed by atoms with E-state index < -0.39 is 0 Å². The fourth-order valence-electron chi connectivity index (χ4n) is 1.85. The van der Waals surface area contributed by atoms with Crippen LogP contribution in [0, 0.1) is 0 Å². The molecule has 1 aromatic rings. The van der Waals surface area contributed by atoms with E-state index in [1.165, 1.54) is 5.69 Å². The Kier molecular flexibility index (Phi) is 2.25. The Morgan fingerprint density at radius 3 is 3.29 bits per heavy atom. The largest absolute Gasteiger partial charge is 0.330 e. The monoisotopic (exact) mass is 189 g/mol. The molecular weight excluding hydrogens is 174 g/mol. The molecule has 1 heterocycles. The molecule has 0 spiro atoms. The van der Waals surface area contributed by atoms with Crippen molar-refractivity contribution in [2.45, 2.75) is 25.4 Å². The van der Waals surface area contributed by atoms with Gasteiger partial charge in [0.05, 0.1) is 12.0 Å². The van der Waals surface area contributed by atoms with Crippen LogP contribution in [-0.2, 0) is 13.0 Å². The summed E-state index contributed by atoms with van der Waals surface area (Å²) in [7, 11) is 0. The summed E-state index contributed by atoms with van der Waals surface area (Å²) in [5, 5.41) is 0. The molecule has 0 aromatic carbocycles. The highest BCUT2D eigenvalue weighted by Crippen LogP contribution is 2.27. The van der Waals surface area contributed by atoms with E-state index in [9.17, 15) is 0 Å². The van der Waals surface area contributed by atoms with E-state index in [1.807, 2.05) is 6.33 Å². The Bertz CT molecular complexity index is 376. The van der Waals surface area contributed by atoms with Gasteiger partial charge in [-0.1, -0.05) is 19.2 Å². The molecule has 1 aliphatic rings. The van der Waals surface area contributed by atoms with Gasteiger partial charge in [-0.05, 0) is 18.4 Å². The number of aromatic nitrogens is 2. The van der Waals surface area contributed by atoms with Gasteiger partial charge in [-0.25, -0.2) is 4.98 Å². The Labute approximate surface area is 83.9 Å². The van der Waals surface area contributed by atoms with Gasteiger partial charge in [-0.3, -0.25) is 0 Å². The number of hydrogen-bond acceptors (Lipinski definition) is 2. The summed E-state index contributed by atoms with van der Waals surface area (Å²) in [5.41, 5.74) is 9.23. The number of rotatable bonds is 3. The van der Waals surface area contributed by atoms with Crippen LogP contribution in [0.3, 0.4) is 0 Å². The van der Waals surface area contributed by atoms with Crippen LogP contribution >= 0.6 is 0 Å². The summed E-state index contributed by atoms with van der Waals surface area (Å²) in [5.74, 6) is 0. The normalized spacial score (nSPS) is 19.4. The second kappa shape index (κ2) is 3.42. The smallest absolute Gasteiger partial charge is 0.0955 e. The van der Waals surface area contributed by atoms with Crippen molar-refractivity contribution in [1.82, 2.24) is 9.55 Å². The lowest BCUT2D eigenvalue weighted by Gasteiger charge is -2.04. The molecule has 74 valence electrons. The highest BCUT2D eigenvalue weighted by Gasteiger charge is 2.23. The van der Waals surface area contributed by atoms with Gasteiger partial charge in [0.15, 0.2) is 0 Å². The SMILES string of the molecule is C=CC(=C)Cn1cnc2c1CC[C@H]2N. The first kappa shape index (κ1) is 9.21. The Hall–Kier alpha value is -1.35. The molecule has 14 heavy (non-hydrogen) atoms. The predicted molar refractivity (Wildman–Crippen MR) is 56.8 cm³/mol. The minimum Gasteiger partial charge on any atom is -0.330 e. The highest BCUT2D eigenvalue weighted by atomic mass is 15.1. The van der Waals surface area contributed by atoms with E-state index in [2.05, 4.69) is 22.7 Å². The molecule has 3 heteroatoms. The van der Waals surface area contributed by atoms with Crippen molar-refractivity contribution in [3.8, 4) is 0 Å². The molecule has 2 rings (SSSR count). The molecule has 0 bridgehead atoms. The highest BCUT2D eigenvalue weighted by molar-refractivity contribution is 5.24. The molecule has 1 aliphatic carbocycles. The summed E-state index contributed by atoms with van der Waals surface area (Å²) in [6.45, 7) is 8.36. The van der Waals surface area contributed by atoms with Crippen LogP contribution in [0.15, 0.2) is 31.1 Å². The maximum absolute atomic E-state index is 5.90. The zero-order chi connectivity index (χ0) is 10.1. The minimum atomic E-state index is 0.128. The van der Waals surface area contributed by atoms with Crippen molar-refractivity contribution >= 4 is 0 Å². The average Bonchev–Trinajstić information content (AvgIpc) is 2.72. The van der Waals surface area contributed by atoms with Crippen LogP contribution in [0.25, 0.3) is 0 Å². The van der Waals surface area contributed by atoms with Gasteiger partial charge >= 0.3 is 0 Å². The van der Waals surface area contributed by atoms with Crippen molar-refractivity contribution in [3.05, 3.63) is 42.5 Å². The summed E-state index contributed by atoms with van der Waals surface area (Å²) in [4.78, 5) is 4.33. The van der Waals surface area contributed by atoms with Crippen LogP contribution in [0.4, 0.5) is 0 Å². The summed E-state index contributed by atoms with van der Waals surface area (Å²) in [6, 6.07) is 0.128. The van der Waals surface area contributed by atoms with Crippen molar-refractivity contribution in [2.75, 3.05) is 0 Å². The van der Waals surface area contributed by atoms with Gasteiger partial charge in [0, 0.05) is 18.3 Å². The second-order valence-corrected chi connectivity index (χ2v) is 3.71. The summed E-state index contributed by atoms with van der Waals surface area (Å²) in [6.07, 6.45) is 5.67. The lowest BCUT2D eigenvalue weighted by atomic mass is 10.3. The number of nitrogens with two attached hydrogens (primary N) is 1. The van der Waals surface area contributed by atoms with Crippen molar-refractivity contribution in [2.24, 2.45) is 5.73 Å². The molecule has 0 amide bonds. The quantitative estimate of drug-likeness (QED) is 0.733. The molecule has 0 radical (unpaired) electrons. The van der Waals surface area contributed by atoms with E-state index in [4.69, 9.17) is 5.73 Å². The first-order valence-corrected chi connectivity index (χ1v) is 4.82. The summed E-state index contributed by atoms with van der Waals surface area (Å²) < 4.78 is 2.12. The molecule has 0 saturated carbocycles. The first-order valence-electron chi connectivity index (χ1n) is 4.82. The van der Waals surface area contributed by atoms with E-state index in [0.717, 1.165) is 30.7 Å². The van der Waals surface area contributed by atoms with Gasteiger partial charge in [0.2, 0.25) is 0 Å². The van der Waals surface area contributed by atoms with Crippen LogP contribution in [0.5, 0.6) is 0 Å². The maximum Gasteiger partial charge on any atom is 0.0955 e. The zero-order valence-corrected chi connectivity index (χ0v) is 8.24. The standard InChI is InChI=1S/C11H15N3/c1-3-8(2)6-14-7-13-11-9(12)4-5-10(11)14/h3,7,9H,1-2,4-6,12H2/t9-/m1/s1. The van der Waals surface area contributed by atoms with E-state index in [1.54, 1.807) is 6.08 Å². The number of imidazole rings is 1. The van der Waals surface area contributed by atoms with E-state index >= 15 is 0 Å². The molecule has 0 unspecified atom stereocenters. The fraction of sp³-hybridized carbons (Fsp3) is 0.364. The molecular formula is C11H15N3. The molecule has 0 saturated heterocycles. The van der Waals surface area contributed by atoms with Crippen molar-refractivity contribution in [1.29, 1.82) is 0 Å². The molecule has 0 aliphatic heterocycles. The maximum atomic E-state index is 5.90. The second-order valence-electron chi connectivity index (χ2n) is 3.71. The predicted octanol–water partition coefficient (Wildman–Crippen LogP) is 1.57.